The van der Waals surface area contributed by atoms with Crippen LogP contribution in [0.5, 0.6) is 0 Å². The van der Waals surface area contributed by atoms with Gasteiger partial charge in [0.05, 0.1) is 5.56 Å². The van der Waals surface area contributed by atoms with Gasteiger partial charge in [-0.05, 0) is 12.1 Å². The predicted octanol–water partition coefficient (Wildman–Crippen LogP) is 2.27. The van der Waals surface area contributed by atoms with Gasteiger partial charge in [0, 0.05) is 13.1 Å². The minimum Gasteiger partial charge on any atom is -0.310 e. The van der Waals surface area contributed by atoms with Gasteiger partial charge in [-0.1, -0.05) is 25.6 Å². The van der Waals surface area contributed by atoms with Crippen LogP contribution in [-0.2, 0) is 4.79 Å². The van der Waals surface area contributed by atoms with Gasteiger partial charge in [0.25, 0.3) is 0 Å². The first-order chi connectivity index (χ1) is 7.38. The van der Waals surface area contributed by atoms with Crippen molar-refractivity contribution in [3.8, 4) is 11.5 Å². The van der Waals surface area contributed by atoms with Gasteiger partial charge in [0.2, 0.25) is 5.91 Å². The molecule has 1 heterocycles. The second-order valence-electron chi connectivity index (χ2n) is 4.58. The van der Waals surface area contributed by atoms with Crippen molar-refractivity contribution in [1.82, 2.24) is 4.98 Å². The first-order valence-electron chi connectivity index (χ1n) is 5.14. The molecule has 4 heteroatoms. The molecule has 1 amide bonds. The summed E-state index contributed by atoms with van der Waals surface area (Å²) in [5.41, 5.74) is 4.03. The van der Waals surface area contributed by atoms with E-state index in [2.05, 4.69) is 41.4 Å². The van der Waals surface area contributed by atoms with Gasteiger partial charge >= 0.3 is 0 Å². The lowest BCUT2D eigenvalue weighted by Gasteiger charge is -2.05. The Morgan fingerprint density at radius 3 is 2.69 bits per heavy atom. The highest BCUT2D eigenvalue weighted by Crippen LogP contribution is 2.10. The Bertz CT molecular complexity index is 452. The van der Waals surface area contributed by atoms with Crippen LogP contribution in [0.4, 0.5) is 5.82 Å². The first kappa shape index (κ1) is 12.5. The Balaban J connectivity index is 3.03. The molecule has 0 aliphatic carbocycles. The van der Waals surface area contributed by atoms with E-state index in [1.807, 2.05) is 12.1 Å². The molecule has 0 saturated carbocycles. The van der Waals surface area contributed by atoms with Gasteiger partial charge < -0.3 is 5.32 Å². The molecule has 3 nitrogen and oxygen atoms in total. The second-order valence-corrected chi connectivity index (χ2v) is 9.33. The third kappa shape index (κ3) is 4.28. The van der Waals surface area contributed by atoms with Crippen LogP contribution in [0.3, 0.4) is 0 Å². The Morgan fingerprint density at radius 2 is 2.12 bits per heavy atom. The number of rotatable bonds is 1. The number of carbonyl (C=O) groups is 1. The number of nitrogens with zero attached hydrogens (tertiary/aromatic N) is 1. The Morgan fingerprint density at radius 1 is 1.44 bits per heavy atom. The zero-order valence-electron chi connectivity index (χ0n) is 10.1. The highest BCUT2D eigenvalue weighted by atomic mass is 28.3. The summed E-state index contributed by atoms with van der Waals surface area (Å²) >= 11 is 0. The molecule has 0 saturated heterocycles. The lowest BCUT2D eigenvalue weighted by Crippen LogP contribution is -2.16. The van der Waals surface area contributed by atoms with Crippen LogP contribution >= 0.6 is 0 Å². The maximum absolute atomic E-state index is 11.0. The summed E-state index contributed by atoms with van der Waals surface area (Å²) in [6.45, 7) is 7.99. The predicted molar refractivity (Wildman–Crippen MR) is 68.8 cm³/mol. The van der Waals surface area contributed by atoms with Crippen LogP contribution in [0, 0.1) is 11.5 Å². The van der Waals surface area contributed by atoms with Crippen LogP contribution in [0.25, 0.3) is 0 Å². The fourth-order valence-electron chi connectivity index (χ4n) is 1.03. The smallest absolute Gasteiger partial charge is 0.222 e. The molecule has 0 fully saturated rings. The van der Waals surface area contributed by atoms with E-state index in [4.69, 9.17) is 0 Å². The SMILES string of the molecule is CC(=O)Nc1ncccc1C#C[Si](C)(C)C. The number of hydrogen-bond acceptors (Lipinski definition) is 2. The van der Waals surface area contributed by atoms with Crippen molar-refractivity contribution in [3.63, 3.8) is 0 Å². The van der Waals surface area contributed by atoms with Crippen LogP contribution in [-0.4, -0.2) is 19.0 Å². The van der Waals surface area contributed by atoms with E-state index in [1.165, 1.54) is 6.92 Å². The van der Waals surface area contributed by atoms with Crippen molar-refractivity contribution >= 4 is 19.8 Å². The monoisotopic (exact) mass is 232 g/mol. The fraction of sp³-hybridized carbons (Fsp3) is 0.333. The molecule has 1 aromatic heterocycles. The van der Waals surface area contributed by atoms with Crippen molar-refractivity contribution in [2.75, 3.05) is 5.32 Å². The Hall–Kier alpha value is -1.60. The van der Waals surface area contributed by atoms with Gasteiger partial charge in [0.1, 0.15) is 13.9 Å². The number of nitrogens with one attached hydrogen (secondary N) is 1. The van der Waals surface area contributed by atoms with Gasteiger partial charge in [0.15, 0.2) is 0 Å². The molecule has 0 aromatic carbocycles. The van der Waals surface area contributed by atoms with Gasteiger partial charge in [-0.3, -0.25) is 4.79 Å². The standard InChI is InChI=1S/C12H16N2OSi/c1-10(15)14-12-11(6-5-8-13-12)7-9-16(2,3)4/h5-6,8H,1-4H3,(H,13,14,15). The summed E-state index contributed by atoms with van der Waals surface area (Å²) in [5.74, 6) is 3.51. The van der Waals surface area contributed by atoms with Crippen molar-refractivity contribution in [1.29, 1.82) is 0 Å². The Kier molecular flexibility index (Phi) is 3.86. The highest BCUT2D eigenvalue weighted by Gasteiger charge is 2.08. The fourth-order valence-corrected chi connectivity index (χ4v) is 1.54. The maximum Gasteiger partial charge on any atom is 0.222 e. The van der Waals surface area contributed by atoms with E-state index in [1.54, 1.807) is 6.20 Å². The average molecular weight is 232 g/mol. The molecule has 0 radical (unpaired) electrons. The topological polar surface area (TPSA) is 42.0 Å². The number of hydrogen-bond donors (Lipinski definition) is 1. The summed E-state index contributed by atoms with van der Waals surface area (Å²) in [6.07, 6.45) is 1.64. The summed E-state index contributed by atoms with van der Waals surface area (Å²) in [7, 11) is -1.40. The molecular weight excluding hydrogens is 216 g/mol. The third-order valence-corrected chi connectivity index (χ3v) is 2.55. The molecular formula is C12H16N2OSi. The number of amides is 1. The summed E-state index contributed by atoms with van der Waals surface area (Å²) in [6, 6.07) is 3.69. The van der Waals surface area contributed by atoms with Crippen molar-refractivity contribution in [3.05, 3.63) is 23.9 Å². The number of carbonyl (C=O) groups excluding carboxylic acids is 1. The van der Waals surface area contributed by atoms with Gasteiger partial charge in [-0.15, -0.1) is 5.54 Å². The lowest BCUT2D eigenvalue weighted by molar-refractivity contribution is -0.114. The molecule has 1 aromatic rings. The van der Waals surface area contributed by atoms with E-state index < -0.39 is 8.07 Å². The Labute approximate surface area is 97.3 Å². The van der Waals surface area contributed by atoms with Crippen LogP contribution in [0.2, 0.25) is 19.6 Å². The van der Waals surface area contributed by atoms with Crippen molar-refractivity contribution in [2.45, 2.75) is 26.6 Å². The number of anilines is 1. The van der Waals surface area contributed by atoms with Crippen LogP contribution in [0.15, 0.2) is 18.3 Å². The quantitative estimate of drug-likeness (QED) is 0.596. The largest absolute Gasteiger partial charge is 0.310 e. The molecule has 0 unspecified atom stereocenters. The van der Waals surface area contributed by atoms with Crippen molar-refractivity contribution in [2.24, 2.45) is 0 Å². The second kappa shape index (κ2) is 4.95. The molecule has 0 bridgehead atoms. The normalized spacial score (nSPS) is 10.2. The molecule has 16 heavy (non-hydrogen) atoms. The molecule has 0 aliphatic heterocycles. The van der Waals surface area contributed by atoms with Crippen LogP contribution < -0.4 is 5.32 Å². The molecule has 84 valence electrons. The molecule has 1 N–H and O–H groups in total. The number of pyridine rings is 1. The van der Waals surface area contributed by atoms with Crippen molar-refractivity contribution < 1.29 is 4.79 Å². The van der Waals surface area contributed by atoms with E-state index in [0.717, 1.165) is 5.56 Å². The third-order valence-electron chi connectivity index (χ3n) is 1.67. The molecule has 0 atom stereocenters. The van der Waals surface area contributed by atoms with E-state index in [9.17, 15) is 4.79 Å². The summed E-state index contributed by atoms with van der Waals surface area (Å²) in [4.78, 5) is 15.1. The zero-order valence-corrected chi connectivity index (χ0v) is 11.1. The minimum atomic E-state index is -1.40. The highest BCUT2D eigenvalue weighted by molar-refractivity contribution is 6.83. The number of aromatic nitrogens is 1. The summed E-state index contributed by atoms with van der Waals surface area (Å²) in [5, 5.41) is 2.67. The maximum atomic E-state index is 11.0. The lowest BCUT2D eigenvalue weighted by atomic mass is 10.2. The molecule has 0 spiro atoms. The van der Waals surface area contributed by atoms with Crippen LogP contribution in [0.1, 0.15) is 12.5 Å². The molecule has 1 rings (SSSR count). The summed E-state index contributed by atoms with van der Waals surface area (Å²) < 4.78 is 0. The van der Waals surface area contributed by atoms with E-state index in [0.29, 0.717) is 5.82 Å². The van der Waals surface area contributed by atoms with Gasteiger partial charge in [-0.25, -0.2) is 4.98 Å². The zero-order chi connectivity index (χ0) is 12.2. The first-order valence-corrected chi connectivity index (χ1v) is 8.64. The minimum absolute atomic E-state index is 0.130. The molecule has 0 aliphatic rings. The van der Waals surface area contributed by atoms with Gasteiger partial charge in [-0.2, -0.15) is 0 Å². The van der Waals surface area contributed by atoms with E-state index >= 15 is 0 Å². The van der Waals surface area contributed by atoms with E-state index in [-0.39, 0.29) is 5.91 Å². The average Bonchev–Trinajstić information content (AvgIpc) is 2.14.